The second-order valence-corrected chi connectivity index (χ2v) is 4.45. The molecule has 0 bridgehead atoms. The SMILES string of the molecule is COc1ccc(OC)c(C(=O)/C=C/c2ccc(N=O)cc2)c1. The van der Waals surface area contributed by atoms with Crippen LogP contribution in [0.4, 0.5) is 5.69 Å². The molecule has 0 aliphatic heterocycles. The number of hydrogen-bond acceptors (Lipinski definition) is 5. The summed E-state index contributed by atoms with van der Waals surface area (Å²) in [6.45, 7) is 0. The van der Waals surface area contributed by atoms with Crippen molar-refractivity contribution in [1.29, 1.82) is 0 Å². The zero-order valence-electron chi connectivity index (χ0n) is 12.3. The molecule has 0 unspecified atom stereocenters. The van der Waals surface area contributed by atoms with Crippen LogP contribution in [0.25, 0.3) is 6.08 Å². The molecule has 0 aromatic heterocycles. The summed E-state index contributed by atoms with van der Waals surface area (Å²) >= 11 is 0. The number of carbonyl (C=O) groups is 1. The van der Waals surface area contributed by atoms with Gasteiger partial charge in [-0.3, -0.25) is 4.79 Å². The fraction of sp³-hybridized carbons (Fsp3) is 0.118. The van der Waals surface area contributed by atoms with Crippen molar-refractivity contribution in [3.05, 3.63) is 64.6 Å². The monoisotopic (exact) mass is 297 g/mol. The summed E-state index contributed by atoms with van der Waals surface area (Å²) in [6.07, 6.45) is 3.11. The van der Waals surface area contributed by atoms with Gasteiger partial charge in [0.15, 0.2) is 5.78 Å². The van der Waals surface area contributed by atoms with Gasteiger partial charge in [-0.25, -0.2) is 0 Å². The molecule has 2 aromatic rings. The van der Waals surface area contributed by atoms with Crippen molar-refractivity contribution in [1.82, 2.24) is 0 Å². The number of rotatable bonds is 6. The van der Waals surface area contributed by atoms with Crippen LogP contribution in [-0.4, -0.2) is 20.0 Å². The summed E-state index contributed by atoms with van der Waals surface area (Å²) < 4.78 is 10.3. The van der Waals surface area contributed by atoms with Gasteiger partial charge in [-0.15, -0.1) is 4.91 Å². The average Bonchev–Trinajstić information content (AvgIpc) is 2.59. The minimum atomic E-state index is -0.201. The Labute approximate surface area is 128 Å². The number of carbonyl (C=O) groups excluding carboxylic acids is 1. The molecule has 5 heteroatoms. The van der Waals surface area contributed by atoms with E-state index < -0.39 is 0 Å². The summed E-state index contributed by atoms with van der Waals surface area (Å²) in [7, 11) is 3.04. The van der Waals surface area contributed by atoms with Gasteiger partial charge in [0, 0.05) is 0 Å². The number of benzene rings is 2. The maximum atomic E-state index is 12.3. The Morgan fingerprint density at radius 1 is 1.05 bits per heavy atom. The fourth-order valence-electron chi connectivity index (χ4n) is 1.91. The van der Waals surface area contributed by atoms with Gasteiger partial charge >= 0.3 is 0 Å². The van der Waals surface area contributed by atoms with Gasteiger partial charge < -0.3 is 9.47 Å². The zero-order valence-corrected chi connectivity index (χ0v) is 12.3. The van der Waals surface area contributed by atoms with Gasteiger partial charge in [-0.05, 0) is 47.1 Å². The van der Waals surface area contributed by atoms with Gasteiger partial charge in [0.2, 0.25) is 0 Å². The first-order valence-corrected chi connectivity index (χ1v) is 6.56. The molecule has 0 heterocycles. The first-order valence-electron chi connectivity index (χ1n) is 6.56. The molecular formula is C17H15NO4. The van der Waals surface area contributed by atoms with E-state index in [1.54, 1.807) is 48.5 Å². The first-order chi connectivity index (χ1) is 10.7. The summed E-state index contributed by atoms with van der Waals surface area (Å²) in [4.78, 5) is 22.7. The maximum absolute atomic E-state index is 12.3. The van der Waals surface area contributed by atoms with E-state index in [4.69, 9.17) is 9.47 Å². The third-order valence-electron chi connectivity index (χ3n) is 3.10. The number of nitrogens with zero attached hydrogens (tertiary/aromatic N) is 1. The summed E-state index contributed by atoms with van der Waals surface area (Å²) in [6, 6.07) is 11.6. The quantitative estimate of drug-likeness (QED) is 0.459. The molecule has 2 rings (SSSR count). The molecule has 112 valence electrons. The van der Waals surface area contributed by atoms with E-state index in [0.29, 0.717) is 22.7 Å². The Morgan fingerprint density at radius 3 is 2.36 bits per heavy atom. The van der Waals surface area contributed by atoms with Crippen LogP contribution in [0.15, 0.2) is 53.7 Å². The summed E-state index contributed by atoms with van der Waals surface area (Å²) in [5, 5.41) is 2.82. The smallest absolute Gasteiger partial charge is 0.189 e. The average molecular weight is 297 g/mol. The van der Waals surface area contributed by atoms with Crippen LogP contribution in [-0.2, 0) is 0 Å². The van der Waals surface area contributed by atoms with E-state index in [9.17, 15) is 9.70 Å². The van der Waals surface area contributed by atoms with Gasteiger partial charge in [0.25, 0.3) is 0 Å². The van der Waals surface area contributed by atoms with Crippen LogP contribution >= 0.6 is 0 Å². The molecule has 0 N–H and O–H groups in total. The molecule has 0 saturated heterocycles. The number of ketones is 1. The van der Waals surface area contributed by atoms with Crippen LogP contribution in [0, 0.1) is 4.91 Å². The summed E-state index contributed by atoms with van der Waals surface area (Å²) in [5.74, 6) is 0.864. The number of hydrogen-bond donors (Lipinski definition) is 0. The molecule has 0 aliphatic carbocycles. The minimum Gasteiger partial charge on any atom is -0.497 e. The van der Waals surface area contributed by atoms with Crippen LogP contribution in [0.1, 0.15) is 15.9 Å². The molecular weight excluding hydrogens is 282 g/mol. The molecule has 5 nitrogen and oxygen atoms in total. The second kappa shape index (κ2) is 7.17. The van der Waals surface area contributed by atoms with Crippen molar-refractivity contribution in [3.63, 3.8) is 0 Å². The molecule has 22 heavy (non-hydrogen) atoms. The van der Waals surface area contributed by atoms with Crippen molar-refractivity contribution in [3.8, 4) is 11.5 Å². The Bertz CT molecular complexity index is 705. The molecule has 2 aromatic carbocycles. The van der Waals surface area contributed by atoms with Crippen LogP contribution < -0.4 is 9.47 Å². The highest BCUT2D eigenvalue weighted by Gasteiger charge is 2.11. The minimum absolute atomic E-state index is 0.201. The number of allylic oxidation sites excluding steroid dienone is 1. The largest absolute Gasteiger partial charge is 0.497 e. The molecule has 0 aliphatic rings. The third-order valence-corrected chi connectivity index (χ3v) is 3.10. The van der Waals surface area contributed by atoms with Crippen molar-refractivity contribution in [2.24, 2.45) is 5.18 Å². The molecule has 0 spiro atoms. The molecule has 0 atom stereocenters. The van der Waals surface area contributed by atoms with E-state index in [1.807, 2.05) is 0 Å². The predicted molar refractivity (Wildman–Crippen MR) is 84.8 cm³/mol. The van der Waals surface area contributed by atoms with Crippen LogP contribution in [0.3, 0.4) is 0 Å². The van der Waals surface area contributed by atoms with Crippen molar-refractivity contribution in [2.75, 3.05) is 14.2 Å². The Balaban J connectivity index is 2.23. The lowest BCUT2D eigenvalue weighted by Gasteiger charge is -2.07. The number of nitroso groups, excluding NO2 is 1. The van der Waals surface area contributed by atoms with E-state index in [1.165, 1.54) is 20.3 Å². The summed E-state index contributed by atoms with van der Waals surface area (Å²) in [5.41, 5.74) is 1.56. The highest BCUT2D eigenvalue weighted by atomic mass is 16.5. The Morgan fingerprint density at radius 2 is 1.77 bits per heavy atom. The van der Waals surface area contributed by atoms with Crippen LogP contribution in [0.2, 0.25) is 0 Å². The molecule has 0 radical (unpaired) electrons. The van der Waals surface area contributed by atoms with Crippen LogP contribution in [0.5, 0.6) is 11.5 Å². The standard InChI is InChI=1S/C17H15NO4/c1-21-14-8-10-17(22-2)15(11-14)16(19)9-5-12-3-6-13(18-20)7-4-12/h3-11H,1-2H3/b9-5+. The Hall–Kier alpha value is -2.95. The lowest BCUT2D eigenvalue weighted by Crippen LogP contribution is -1.99. The lowest BCUT2D eigenvalue weighted by molar-refractivity contribution is 0.104. The van der Waals surface area contributed by atoms with E-state index in [-0.39, 0.29) is 5.78 Å². The predicted octanol–water partition coefficient (Wildman–Crippen LogP) is 4.00. The highest BCUT2D eigenvalue weighted by Crippen LogP contribution is 2.25. The van der Waals surface area contributed by atoms with E-state index in [0.717, 1.165) is 5.56 Å². The van der Waals surface area contributed by atoms with Crippen molar-refractivity contribution < 1.29 is 14.3 Å². The Kier molecular flexibility index (Phi) is 5.03. The fourth-order valence-corrected chi connectivity index (χ4v) is 1.91. The normalized spacial score (nSPS) is 10.5. The lowest BCUT2D eigenvalue weighted by atomic mass is 10.1. The van der Waals surface area contributed by atoms with Gasteiger partial charge in [0.05, 0.1) is 19.8 Å². The molecule has 0 amide bonds. The number of ether oxygens (including phenoxy) is 2. The topological polar surface area (TPSA) is 65.0 Å². The second-order valence-electron chi connectivity index (χ2n) is 4.45. The molecule has 0 fully saturated rings. The molecule has 0 saturated carbocycles. The maximum Gasteiger partial charge on any atom is 0.189 e. The van der Waals surface area contributed by atoms with Gasteiger partial charge in [-0.1, -0.05) is 18.2 Å². The van der Waals surface area contributed by atoms with E-state index in [2.05, 4.69) is 5.18 Å². The number of methoxy groups -OCH3 is 2. The van der Waals surface area contributed by atoms with Crippen molar-refractivity contribution >= 4 is 17.5 Å². The van der Waals surface area contributed by atoms with Gasteiger partial charge in [-0.2, -0.15) is 0 Å². The first kappa shape index (κ1) is 15.4. The van der Waals surface area contributed by atoms with Crippen molar-refractivity contribution in [2.45, 2.75) is 0 Å². The third kappa shape index (κ3) is 3.58. The highest BCUT2D eigenvalue weighted by molar-refractivity contribution is 6.08. The zero-order chi connectivity index (χ0) is 15.9. The van der Waals surface area contributed by atoms with Gasteiger partial charge in [0.1, 0.15) is 17.2 Å². The van der Waals surface area contributed by atoms with E-state index >= 15 is 0 Å².